The number of hydrogen-bond donors (Lipinski definition) is 0. The Morgan fingerprint density at radius 2 is 1.91 bits per heavy atom. The van der Waals surface area contributed by atoms with Gasteiger partial charge in [0.1, 0.15) is 0 Å². The molecule has 0 radical (unpaired) electrons. The molecule has 0 saturated heterocycles. The first kappa shape index (κ1) is 14.2. The second-order valence-corrected chi connectivity index (χ2v) is 7.93. The number of fused-ring (bicyclic) bond motifs is 3. The van der Waals surface area contributed by atoms with Gasteiger partial charge in [0.25, 0.3) is 0 Å². The fourth-order valence-electron chi connectivity index (χ4n) is 3.18. The molecule has 0 N–H and O–H groups in total. The standard InChI is InChI=1S/C20H15N2Se/c1-13-9-10-15-19-14(12-21)6-5-8-17(19)23-20(15)18(13)16-7-3-4-11-22(16)2/h3-11H,1-2H3/q+1. The summed E-state index contributed by atoms with van der Waals surface area (Å²) in [5, 5.41) is 11.8. The van der Waals surface area contributed by atoms with Crippen LogP contribution in [0.2, 0.25) is 0 Å². The zero-order valence-electron chi connectivity index (χ0n) is 13.0. The molecule has 0 aliphatic rings. The Hall–Kier alpha value is -2.40. The second kappa shape index (κ2) is 5.35. The molecule has 2 aromatic carbocycles. The van der Waals surface area contributed by atoms with Crippen molar-refractivity contribution in [3.63, 3.8) is 0 Å². The van der Waals surface area contributed by atoms with E-state index in [1.807, 2.05) is 12.1 Å². The molecule has 0 aliphatic carbocycles. The number of nitriles is 1. The van der Waals surface area contributed by atoms with Gasteiger partial charge in [0.2, 0.25) is 0 Å². The van der Waals surface area contributed by atoms with Gasteiger partial charge in [0.05, 0.1) is 0 Å². The van der Waals surface area contributed by atoms with Gasteiger partial charge >= 0.3 is 141 Å². The molecule has 2 heterocycles. The molecule has 0 saturated carbocycles. The van der Waals surface area contributed by atoms with E-state index in [-0.39, 0.29) is 14.5 Å². The van der Waals surface area contributed by atoms with E-state index < -0.39 is 0 Å². The van der Waals surface area contributed by atoms with Gasteiger partial charge in [-0.15, -0.1) is 0 Å². The monoisotopic (exact) mass is 363 g/mol. The van der Waals surface area contributed by atoms with E-state index in [0.29, 0.717) is 0 Å². The molecule has 2 aromatic heterocycles. The fraction of sp³-hybridized carbons (Fsp3) is 0.100. The van der Waals surface area contributed by atoms with Crippen LogP contribution in [0.5, 0.6) is 0 Å². The summed E-state index contributed by atoms with van der Waals surface area (Å²) in [6.45, 7) is 2.17. The Morgan fingerprint density at radius 1 is 1.04 bits per heavy atom. The van der Waals surface area contributed by atoms with Gasteiger partial charge in [-0.05, 0) is 0 Å². The van der Waals surface area contributed by atoms with Crippen molar-refractivity contribution in [2.45, 2.75) is 6.92 Å². The molecule has 0 bridgehead atoms. The average molecular weight is 362 g/mol. The van der Waals surface area contributed by atoms with Crippen molar-refractivity contribution in [2.75, 3.05) is 0 Å². The Morgan fingerprint density at radius 3 is 2.70 bits per heavy atom. The molecular formula is C20H15N2Se+. The summed E-state index contributed by atoms with van der Waals surface area (Å²) in [6, 6.07) is 19.1. The van der Waals surface area contributed by atoms with E-state index >= 15 is 0 Å². The van der Waals surface area contributed by atoms with Gasteiger partial charge < -0.3 is 0 Å². The van der Waals surface area contributed by atoms with Crippen LogP contribution in [0.15, 0.2) is 54.7 Å². The molecule has 0 amide bonds. The third-order valence-electron chi connectivity index (χ3n) is 4.31. The molecule has 2 nitrogen and oxygen atoms in total. The van der Waals surface area contributed by atoms with Gasteiger partial charge in [0, 0.05) is 0 Å². The van der Waals surface area contributed by atoms with Gasteiger partial charge in [0.15, 0.2) is 0 Å². The number of nitrogens with zero attached hydrogens (tertiary/aromatic N) is 2. The first-order valence-corrected chi connectivity index (χ1v) is 9.22. The molecule has 4 aromatic rings. The third kappa shape index (κ3) is 2.11. The van der Waals surface area contributed by atoms with Gasteiger partial charge in [-0.1, -0.05) is 0 Å². The number of aromatic nitrogens is 1. The molecule has 0 unspecified atom stereocenters. The van der Waals surface area contributed by atoms with E-state index in [1.54, 1.807) is 0 Å². The fourth-order valence-corrected chi connectivity index (χ4v) is 5.99. The minimum absolute atomic E-state index is 0.238. The van der Waals surface area contributed by atoms with Crippen LogP contribution in [-0.4, -0.2) is 14.5 Å². The Labute approximate surface area is 141 Å². The first-order chi connectivity index (χ1) is 11.2. The number of benzene rings is 2. The van der Waals surface area contributed by atoms with E-state index in [1.165, 1.54) is 30.7 Å². The molecule has 23 heavy (non-hydrogen) atoms. The molecule has 4 rings (SSSR count). The normalized spacial score (nSPS) is 11.0. The first-order valence-electron chi connectivity index (χ1n) is 7.50. The Balaban J connectivity index is 2.20. The van der Waals surface area contributed by atoms with Crippen molar-refractivity contribution < 1.29 is 4.57 Å². The quantitative estimate of drug-likeness (QED) is 0.375. The molecule has 0 atom stereocenters. The molecule has 0 fully saturated rings. The van der Waals surface area contributed by atoms with Crippen molar-refractivity contribution in [3.8, 4) is 17.3 Å². The van der Waals surface area contributed by atoms with E-state index in [0.717, 1.165) is 10.9 Å². The second-order valence-electron chi connectivity index (χ2n) is 5.72. The summed E-state index contributed by atoms with van der Waals surface area (Å²) in [6.07, 6.45) is 2.09. The number of aryl methyl sites for hydroxylation is 2. The molecule has 0 spiro atoms. The van der Waals surface area contributed by atoms with E-state index in [4.69, 9.17) is 0 Å². The van der Waals surface area contributed by atoms with E-state index in [9.17, 15) is 5.26 Å². The summed E-state index contributed by atoms with van der Waals surface area (Å²) in [5.74, 6) is 0. The number of hydrogen-bond acceptors (Lipinski definition) is 1. The van der Waals surface area contributed by atoms with Crippen molar-refractivity contribution >= 4 is 33.8 Å². The summed E-state index contributed by atoms with van der Waals surface area (Å²) >= 11 is 0.238. The summed E-state index contributed by atoms with van der Waals surface area (Å²) in [7, 11) is 2.09. The van der Waals surface area contributed by atoms with Crippen LogP contribution >= 0.6 is 0 Å². The summed E-state index contributed by atoms with van der Waals surface area (Å²) < 4.78 is 4.89. The van der Waals surface area contributed by atoms with E-state index in [2.05, 4.69) is 67.2 Å². The number of rotatable bonds is 1. The predicted octanol–water partition coefficient (Wildman–Crippen LogP) is 3.72. The van der Waals surface area contributed by atoms with Crippen molar-refractivity contribution in [1.29, 1.82) is 5.26 Å². The van der Waals surface area contributed by atoms with Crippen molar-refractivity contribution in [3.05, 3.63) is 65.9 Å². The van der Waals surface area contributed by atoms with Crippen LogP contribution in [0.1, 0.15) is 11.1 Å². The van der Waals surface area contributed by atoms with Crippen LogP contribution in [0.25, 0.3) is 30.6 Å². The average Bonchev–Trinajstić information content (AvgIpc) is 2.94. The summed E-state index contributed by atoms with van der Waals surface area (Å²) in [5.41, 5.74) is 4.63. The predicted molar refractivity (Wildman–Crippen MR) is 94.5 cm³/mol. The third-order valence-corrected chi connectivity index (χ3v) is 6.80. The van der Waals surface area contributed by atoms with Crippen LogP contribution < -0.4 is 4.57 Å². The maximum absolute atomic E-state index is 9.47. The van der Waals surface area contributed by atoms with Crippen LogP contribution in [-0.2, 0) is 7.05 Å². The summed E-state index contributed by atoms with van der Waals surface area (Å²) in [4.78, 5) is 0. The maximum atomic E-state index is 9.47. The zero-order valence-corrected chi connectivity index (χ0v) is 14.7. The van der Waals surface area contributed by atoms with Crippen molar-refractivity contribution in [1.82, 2.24) is 0 Å². The van der Waals surface area contributed by atoms with Crippen LogP contribution in [0.3, 0.4) is 0 Å². The SMILES string of the molecule is Cc1ccc2c([se]c3cccc(C#N)c32)c1-c1cccc[n+]1C. The Bertz CT molecular complexity index is 1100. The molecule has 110 valence electrons. The molecular weight excluding hydrogens is 347 g/mol. The van der Waals surface area contributed by atoms with Crippen LogP contribution in [0.4, 0.5) is 0 Å². The topological polar surface area (TPSA) is 27.7 Å². The zero-order chi connectivity index (χ0) is 16.0. The van der Waals surface area contributed by atoms with Gasteiger partial charge in [-0.3, -0.25) is 0 Å². The Kier molecular flexibility index (Phi) is 3.31. The molecule has 0 aliphatic heterocycles. The van der Waals surface area contributed by atoms with Gasteiger partial charge in [-0.25, -0.2) is 0 Å². The number of pyridine rings is 1. The van der Waals surface area contributed by atoms with Crippen LogP contribution in [0, 0.1) is 18.3 Å². The molecule has 3 heteroatoms. The minimum atomic E-state index is 0.238. The van der Waals surface area contributed by atoms with Gasteiger partial charge in [-0.2, -0.15) is 0 Å². The van der Waals surface area contributed by atoms with Crippen molar-refractivity contribution in [2.24, 2.45) is 7.05 Å².